The van der Waals surface area contributed by atoms with Crippen LogP contribution in [0.1, 0.15) is 35.7 Å². The molecule has 2 aromatic heterocycles. The van der Waals surface area contributed by atoms with Crippen LogP contribution in [-0.2, 0) is 19.4 Å². The first-order valence-electron chi connectivity index (χ1n) is 5.78. The highest BCUT2D eigenvalue weighted by molar-refractivity contribution is 5.18. The fourth-order valence-electron chi connectivity index (χ4n) is 2.33. The number of rotatable bonds is 2. The molecule has 0 spiro atoms. The Morgan fingerprint density at radius 1 is 1.38 bits per heavy atom. The lowest BCUT2D eigenvalue weighted by molar-refractivity contribution is 0.388. The van der Waals surface area contributed by atoms with Crippen molar-refractivity contribution >= 4 is 0 Å². The van der Waals surface area contributed by atoms with E-state index in [0.717, 1.165) is 30.8 Å². The van der Waals surface area contributed by atoms with Crippen LogP contribution in [0.4, 0.5) is 0 Å². The zero-order chi connectivity index (χ0) is 11.0. The third-order valence-electron chi connectivity index (χ3n) is 3.12. The van der Waals surface area contributed by atoms with Gasteiger partial charge in [-0.05, 0) is 32.6 Å². The van der Waals surface area contributed by atoms with Gasteiger partial charge in [0.2, 0.25) is 0 Å². The molecule has 0 aromatic carbocycles. The van der Waals surface area contributed by atoms with E-state index in [4.69, 9.17) is 4.52 Å². The van der Waals surface area contributed by atoms with E-state index < -0.39 is 0 Å². The predicted molar refractivity (Wildman–Crippen MR) is 59.2 cm³/mol. The standard InChI is InChI=1S/C12H15N3O/c1-9-6-10(14-16-9)7-15-8-13-11-4-2-3-5-12(11)15/h6,8H,2-5,7H2,1H3. The fraction of sp³-hybridized carbons (Fsp3) is 0.500. The first-order chi connectivity index (χ1) is 7.83. The molecule has 1 aliphatic carbocycles. The summed E-state index contributed by atoms with van der Waals surface area (Å²) < 4.78 is 7.27. The van der Waals surface area contributed by atoms with E-state index >= 15 is 0 Å². The van der Waals surface area contributed by atoms with Crippen LogP contribution in [-0.4, -0.2) is 14.7 Å². The lowest BCUT2D eigenvalue weighted by atomic mass is 10.0. The quantitative estimate of drug-likeness (QED) is 0.773. The molecule has 0 atom stereocenters. The van der Waals surface area contributed by atoms with E-state index in [2.05, 4.69) is 14.7 Å². The lowest BCUT2D eigenvalue weighted by Crippen LogP contribution is -2.09. The minimum absolute atomic E-state index is 0.777. The van der Waals surface area contributed by atoms with Crippen molar-refractivity contribution in [2.75, 3.05) is 0 Å². The van der Waals surface area contributed by atoms with E-state index in [0.29, 0.717) is 0 Å². The third-order valence-corrected chi connectivity index (χ3v) is 3.12. The number of nitrogens with zero attached hydrogens (tertiary/aromatic N) is 3. The molecular weight excluding hydrogens is 202 g/mol. The summed E-state index contributed by atoms with van der Waals surface area (Å²) in [5.41, 5.74) is 3.63. The average molecular weight is 217 g/mol. The van der Waals surface area contributed by atoms with Crippen molar-refractivity contribution in [3.05, 3.63) is 35.2 Å². The van der Waals surface area contributed by atoms with Crippen LogP contribution in [0.25, 0.3) is 0 Å². The van der Waals surface area contributed by atoms with Gasteiger partial charge in [-0.15, -0.1) is 0 Å². The molecule has 2 heterocycles. The molecule has 4 nitrogen and oxygen atoms in total. The van der Waals surface area contributed by atoms with Gasteiger partial charge in [0.25, 0.3) is 0 Å². The Kier molecular flexibility index (Phi) is 2.27. The fourth-order valence-corrected chi connectivity index (χ4v) is 2.33. The van der Waals surface area contributed by atoms with Gasteiger partial charge < -0.3 is 9.09 Å². The maximum Gasteiger partial charge on any atom is 0.133 e. The van der Waals surface area contributed by atoms with Crippen LogP contribution in [0.3, 0.4) is 0 Å². The van der Waals surface area contributed by atoms with Crippen molar-refractivity contribution < 1.29 is 4.52 Å². The van der Waals surface area contributed by atoms with Gasteiger partial charge in [-0.1, -0.05) is 5.16 Å². The average Bonchev–Trinajstić information content (AvgIpc) is 2.87. The smallest absolute Gasteiger partial charge is 0.133 e. The molecule has 0 saturated heterocycles. The highest BCUT2D eigenvalue weighted by Crippen LogP contribution is 2.20. The number of hydrogen-bond donors (Lipinski definition) is 0. The second-order valence-electron chi connectivity index (χ2n) is 4.40. The molecule has 16 heavy (non-hydrogen) atoms. The van der Waals surface area contributed by atoms with Crippen LogP contribution in [0, 0.1) is 6.92 Å². The van der Waals surface area contributed by atoms with E-state index in [9.17, 15) is 0 Å². The van der Waals surface area contributed by atoms with Crippen LogP contribution in [0.2, 0.25) is 0 Å². The molecule has 0 amide bonds. The molecule has 0 radical (unpaired) electrons. The Labute approximate surface area is 94.3 Å². The van der Waals surface area contributed by atoms with E-state index in [1.54, 1.807) is 0 Å². The van der Waals surface area contributed by atoms with Crippen molar-refractivity contribution in [3.8, 4) is 0 Å². The first kappa shape index (κ1) is 9.63. The normalized spacial score (nSPS) is 15.1. The predicted octanol–water partition coefficient (Wildman–Crippen LogP) is 2.11. The summed E-state index contributed by atoms with van der Waals surface area (Å²) in [6.07, 6.45) is 6.75. The SMILES string of the molecule is Cc1cc(Cn2cnc3c2CCCC3)no1. The summed E-state index contributed by atoms with van der Waals surface area (Å²) in [6.45, 7) is 2.69. The van der Waals surface area contributed by atoms with Crippen molar-refractivity contribution in [1.82, 2.24) is 14.7 Å². The Balaban J connectivity index is 1.87. The van der Waals surface area contributed by atoms with Gasteiger partial charge in [-0.3, -0.25) is 0 Å². The molecule has 4 heteroatoms. The molecule has 0 bridgehead atoms. The van der Waals surface area contributed by atoms with Gasteiger partial charge in [-0.2, -0.15) is 0 Å². The van der Waals surface area contributed by atoms with E-state index in [1.807, 2.05) is 19.3 Å². The van der Waals surface area contributed by atoms with Gasteiger partial charge in [-0.25, -0.2) is 4.98 Å². The van der Waals surface area contributed by atoms with Gasteiger partial charge in [0.05, 0.1) is 18.6 Å². The minimum atomic E-state index is 0.777. The van der Waals surface area contributed by atoms with Gasteiger partial charge >= 0.3 is 0 Å². The summed E-state index contributed by atoms with van der Waals surface area (Å²) in [7, 11) is 0. The molecule has 0 saturated carbocycles. The second kappa shape index (κ2) is 3.77. The summed E-state index contributed by atoms with van der Waals surface area (Å²) in [5.74, 6) is 0.865. The van der Waals surface area contributed by atoms with Crippen molar-refractivity contribution in [2.24, 2.45) is 0 Å². The zero-order valence-electron chi connectivity index (χ0n) is 9.44. The zero-order valence-corrected chi connectivity index (χ0v) is 9.44. The van der Waals surface area contributed by atoms with Gasteiger partial charge in [0.15, 0.2) is 0 Å². The maximum absolute atomic E-state index is 5.07. The van der Waals surface area contributed by atoms with E-state index in [1.165, 1.54) is 24.2 Å². The molecule has 3 rings (SSSR count). The number of fused-ring (bicyclic) bond motifs is 1. The van der Waals surface area contributed by atoms with Gasteiger partial charge in [0, 0.05) is 11.8 Å². The monoisotopic (exact) mass is 217 g/mol. The largest absolute Gasteiger partial charge is 0.361 e. The third kappa shape index (κ3) is 1.64. The number of aromatic nitrogens is 3. The Morgan fingerprint density at radius 2 is 2.25 bits per heavy atom. The molecule has 1 aliphatic rings. The molecule has 0 N–H and O–H groups in total. The summed E-state index contributed by atoms with van der Waals surface area (Å²) in [5, 5.41) is 4.02. The molecule has 84 valence electrons. The number of imidazole rings is 1. The van der Waals surface area contributed by atoms with Crippen LogP contribution in [0.15, 0.2) is 16.9 Å². The van der Waals surface area contributed by atoms with Crippen molar-refractivity contribution in [3.63, 3.8) is 0 Å². The second-order valence-corrected chi connectivity index (χ2v) is 4.40. The molecule has 0 fully saturated rings. The number of hydrogen-bond acceptors (Lipinski definition) is 3. The maximum atomic E-state index is 5.07. The summed E-state index contributed by atoms with van der Waals surface area (Å²) in [6, 6.07) is 1.98. The summed E-state index contributed by atoms with van der Waals surface area (Å²) >= 11 is 0. The lowest BCUT2D eigenvalue weighted by Gasteiger charge is -2.12. The molecule has 0 unspecified atom stereocenters. The van der Waals surface area contributed by atoms with Crippen LogP contribution >= 0.6 is 0 Å². The van der Waals surface area contributed by atoms with Gasteiger partial charge in [0.1, 0.15) is 11.5 Å². The highest BCUT2D eigenvalue weighted by atomic mass is 16.5. The molecule has 2 aromatic rings. The van der Waals surface area contributed by atoms with E-state index in [-0.39, 0.29) is 0 Å². The highest BCUT2D eigenvalue weighted by Gasteiger charge is 2.15. The molecule has 0 aliphatic heterocycles. The van der Waals surface area contributed by atoms with Crippen molar-refractivity contribution in [2.45, 2.75) is 39.2 Å². The minimum Gasteiger partial charge on any atom is -0.361 e. The Morgan fingerprint density at radius 3 is 3.06 bits per heavy atom. The topological polar surface area (TPSA) is 43.9 Å². The first-order valence-corrected chi connectivity index (χ1v) is 5.78. The van der Waals surface area contributed by atoms with Crippen LogP contribution < -0.4 is 0 Å². The van der Waals surface area contributed by atoms with Crippen LogP contribution in [0.5, 0.6) is 0 Å². The number of aryl methyl sites for hydroxylation is 2. The van der Waals surface area contributed by atoms with Crippen molar-refractivity contribution in [1.29, 1.82) is 0 Å². The summed E-state index contributed by atoms with van der Waals surface area (Å²) in [4.78, 5) is 4.46. The Hall–Kier alpha value is -1.58. The molecular formula is C12H15N3O. The Bertz CT molecular complexity index is 498.